The maximum absolute atomic E-state index is 13.7. The molecule has 2 aromatic carbocycles. The highest BCUT2D eigenvalue weighted by atomic mass is 35.5. The van der Waals surface area contributed by atoms with Crippen molar-refractivity contribution in [2.24, 2.45) is 5.73 Å². The van der Waals surface area contributed by atoms with Gasteiger partial charge in [-0.05, 0) is 36.4 Å². The first-order valence-corrected chi connectivity index (χ1v) is 14.2. The largest absolute Gasteiger partial charge is 0.368 e. The number of carbonyl (C=O) groups is 2. The van der Waals surface area contributed by atoms with E-state index in [4.69, 9.17) is 17.3 Å². The van der Waals surface area contributed by atoms with Gasteiger partial charge in [-0.3, -0.25) is 9.48 Å². The van der Waals surface area contributed by atoms with Crippen LogP contribution >= 0.6 is 11.6 Å². The van der Waals surface area contributed by atoms with Gasteiger partial charge in [-0.25, -0.2) is 17.6 Å². The van der Waals surface area contributed by atoms with Crippen LogP contribution in [0.4, 0.5) is 20.6 Å². The Morgan fingerprint density at radius 1 is 1.10 bits per heavy atom. The van der Waals surface area contributed by atoms with Crippen LogP contribution in [0, 0.1) is 17.1 Å². The maximum atomic E-state index is 13.7. The van der Waals surface area contributed by atoms with Gasteiger partial charge in [0.15, 0.2) is 9.84 Å². The molecule has 2 aliphatic rings. The van der Waals surface area contributed by atoms with E-state index < -0.39 is 27.6 Å². The molecule has 0 radical (unpaired) electrons. The third kappa shape index (κ3) is 5.25. The molecular weight excluding hydrogens is 549 g/mol. The highest BCUT2D eigenvalue weighted by Gasteiger charge is 2.30. The summed E-state index contributed by atoms with van der Waals surface area (Å²) in [4.78, 5) is 28.9. The molecule has 0 spiro atoms. The lowest BCUT2D eigenvalue weighted by Gasteiger charge is -2.30. The van der Waals surface area contributed by atoms with Crippen molar-refractivity contribution in [2.45, 2.75) is 13.1 Å². The van der Waals surface area contributed by atoms with Gasteiger partial charge in [-0.2, -0.15) is 10.4 Å². The van der Waals surface area contributed by atoms with E-state index >= 15 is 0 Å². The number of sulfone groups is 1. The number of nitriles is 1. The van der Waals surface area contributed by atoms with E-state index in [9.17, 15) is 27.7 Å². The first-order valence-electron chi connectivity index (χ1n) is 12.0. The smallest absolute Gasteiger partial charge is 0.322 e. The lowest BCUT2D eigenvalue weighted by atomic mass is 10.0. The number of amides is 3. The zero-order chi connectivity index (χ0) is 27.9. The highest BCUT2D eigenvalue weighted by Crippen LogP contribution is 2.31. The summed E-state index contributed by atoms with van der Waals surface area (Å²) in [6.07, 6.45) is 0. The summed E-state index contributed by atoms with van der Waals surface area (Å²) in [5.74, 6) is -1.37. The standard InChI is InChI=1S/C25H23ClFN7O4S/c26-18-11-15(2-4-19(18)27)23-22(24(29)35)21-14-33(5-6-34(21)31-23)25(36)30-17-3-1-16(13-28)20(12-17)32-7-9-39(37,38)10-8-32/h1-4,11-12H,5-10,14H2,(H2,29,35)(H,30,36). The lowest BCUT2D eigenvalue weighted by Crippen LogP contribution is -2.42. The van der Waals surface area contributed by atoms with E-state index in [1.54, 1.807) is 22.9 Å². The van der Waals surface area contributed by atoms with Crippen LogP contribution in [0.1, 0.15) is 21.6 Å². The molecule has 39 heavy (non-hydrogen) atoms. The number of fused-ring (bicyclic) bond motifs is 1. The minimum atomic E-state index is -3.11. The molecule has 14 heteroatoms. The molecule has 1 fully saturated rings. The Balaban J connectivity index is 1.37. The van der Waals surface area contributed by atoms with Crippen LogP contribution in [-0.4, -0.2) is 66.2 Å². The number of primary amides is 1. The van der Waals surface area contributed by atoms with E-state index in [1.165, 1.54) is 23.1 Å². The van der Waals surface area contributed by atoms with E-state index in [1.807, 2.05) is 4.90 Å². The van der Waals surface area contributed by atoms with Crippen molar-refractivity contribution < 1.29 is 22.4 Å². The van der Waals surface area contributed by atoms with E-state index in [-0.39, 0.29) is 54.0 Å². The minimum absolute atomic E-state index is 0.00970. The summed E-state index contributed by atoms with van der Waals surface area (Å²) in [6, 6.07) is 10.5. The Labute approximate surface area is 228 Å². The summed E-state index contributed by atoms with van der Waals surface area (Å²) in [5, 5.41) is 16.7. The number of halogens is 2. The van der Waals surface area contributed by atoms with E-state index in [0.29, 0.717) is 34.7 Å². The van der Waals surface area contributed by atoms with Gasteiger partial charge >= 0.3 is 6.03 Å². The molecule has 0 aliphatic carbocycles. The fraction of sp³-hybridized carbons (Fsp3) is 0.280. The van der Waals surface area contributed by atoms with Crippen molar-refractivity contribution in [1.29, 1.82) is 5.26 Å². The number of nitrogens with zero attached hydrogens (tertiary/aromatic N) is 5. The van der Waals surface area contributed by atoms with Crippen LogP contribution in [0.25, 0.3) is 11.3 Å². The summed E-state index contributed by atoms with van der Waals surface area (Å²) in [6.45, 7) is 1.12. The van der Waals surface area contributed by atoms with Crippen molar-refractivity contribution >= 4 is 44.8 Å². The second kappa shape index (κ2) is 10.2. The zero-order valence-corrected chi connectivity index (χ0v) is 22.1. The maximum Gasteiger partial charge on any atom is 0.322 e. The first-order chi connectivity index (χ1) is 18.6. The Morgan fingerprint density at radius 3 is 2.51 bits per heavy atom. The van der Waals surface area contributed by atoms with E-state index in [2.05, 4.69) is 16.5 Å². The lowest BCUT2D eigenvalue weighted by molar-refractivity contribution is 0.0997. The molecule has 3 N–H and O–H groups in total. The van der Waals surface area contributed by atoms with Gasteiger partial charge in [0.05, 0.1) is 52.1 Å². The number of carbonyl (C=O) groups excluding carboxylic acids is 2. The number of nitrogens with one attached hydrogen (secondary N) is 1. The quantitative estimate of drug-likeness (QED) is 0.488. The second-order valence-electron chi connectivity index (χ2n) is 9.22. The molecule has 3 aromatic rings. The molecule has 0 saturated carbocycles. The number of urea groups is 1. The SMILES string of the molecule is N#Cc1ccc(NC(=O)N2CCn3nc(-c4ccc(F)c(Cl)c4)c(C(N)=O)c3C2)cc1N1CCS(=O)(=O)CC1. The van der Waals surface area contributed by atoms with Crippen LogP contribution < -0.4 is 16.0 Å². The summed E-state index contributed by atoms with van der Waals surface area (Å²) in [7, 11) is -3.11. The number of benzene rings is 2. The molecule has 202 valence electrons. The molecule has 0 bridgehead atoms. The minimum Gasteiger partial charge on any atom is -0.368 e. The highest BCUT2D eigenvalue weighted by molar-refractivity contribution is 7.91. The van der Waals surface area contributed by atoms with Crippen LogP contribution in [-0.2, 0) is 22.9 Å². The summed E-state index contributed by atoms with van der Waals surface area (Å²) in [5.41, 5.74) is 8.25. The number of hydrogen-bond donors (Lipinski definition) is 2. The normalized spacial score (nSPS) is 16.3. The molecule has 0 atom stereocenters. The van der Waals surface area contributed by atoms with Gasteiger partial charge in [0.2, 0.25) is 0 Å². The molecule has 3 heterocycles. The molecular formula is C25H23ClFN7O4S. The Bertz CT molecular complexity index is 1640. The second-order valence-corrected chi connectivity index (χ2v) is 11.9. The third-order valence-corrected chi connectivity index (χ3v) is 8.66. The number of anilines is 2. The van der Waals surface area contributed by atoms with Gasteiger partial charge in [-0.1, -0.05) is 11.6 Å². The molecule has 0 unspecified atom stereocenters. The fourth-order valence-corrected chi connectivity index (χ4v) is 6.10. The average Bonchev–Trinajstić information content (AvgIpc) is 3.29. The van der Waals surface area contributed by atoms with Crippen molar-refractivity contribution in [2.75, 3.05) is 41.4 Å². The Morgan fingerprint density at radius 2 is 1.85 bits per heavy atom. The molecule has 1 saturated heterocycles. The molecule has 3 amide bonds. The molecule has 1 aromatic heterocycles. The topological polar surface area (TPSA) is 154 Å². The van der Waals surface area contributed by atoms with Gasteiger partial charge in [-0.15, -0.1) is 0 Å². The molecule has 11 nitrogen and oxygen atoms in total. The predicted molar refractivity (Wildman–Crippen MR) is 143 cm³/mol. The Kier molecular flexibility index (Phi) is 6.92. The van der Waals surface area contributed by atoms with Crippen molar-refractivity contribution in [3.63, 3.8) is 0 Å². The van der Waals surface area contributed by atoms with Crippen LogP contribution in [0.5, 0.6) is 0 Å². The molecule has 5 rings (SSSR count). The van der Waals surface area contributed by atoms with Gasteiger partial charge in [0.25, 0.3) is 5.91 Å². The number of nitrogens with two attached hydrogens (primary N) is 1. The van der Waals surface area contributed by atoms with Crippen LogP contribution in [0.3, 0.4) is 0 Å². The monoisotopic (exact) mass is 571 g/mol. The summed E-state index contributed by atoms with van der Waals surface area (Å²) >= 11 is 5.92. The zero-order valence-electron chi connectivity index (χ0n) is 20.5. The van der Waals surface area contributed by atoms with Crippen LogP contribution in [0.15, 0.2) is 36.4 Å². The average molecular weight is 572 g/mol. The fourth-order valence-electron chi connectivity index (χ4n) is 4.72. The first kappa shape index (κ1) is 26.5. The number of aromatic nitrogens is 2. The predicted octanol–water partition coefficient (Wildman–Crippen LogP) is 2.60. The number of hydrogen-bond acceptors (Lipinski definition) is 7. The van der Waals surface area contributed by atoms with Crippen LogP contribution in [0.2, 0.25) is 5.02 Å². The summed E-state index contributed by atoms with van der Waals surface area (Å²) < 4.78 is 38.9. The number of rotatable bonds is 4. The van der Waals surface area contributed by atoms with Crippen molar-refractivity contribution in [1.82, 2.24) is 14.7 Å². The van der Waals surface area contributed by atoms with Gasteiger partial charge in [0, 0.05) is 30.9 Å². The third-order valence-electron chi connectivity index (χ3n) is 6.76. The Hall–Kier alpha value is -4.15. The van der Waals surface area contributed by atoms with Crippen molar-refractivity contribution in [3.05, 3.63) is 64.1 Å². The van der Waals surface area contributed by atoms with Crippen molar-refractivity contribution in [3.8, 4) is 17.3 Å². The van der Waals surface area contributed by atoms with Gasteiger partial charge < -0.3 is 20.9 Å². The van der Waals surface area contributed by atoms with Gasteiger partial charge in [0.1, 0.15) is 17.6 Å². The van der Waals surface area contributed by atoms with E-state index in [0.717, 1.165) is 0 Å². The molecule has 2 aliphatic heterocycles.